The number of nitrogens with zero attached hydrogens (tertiary/aromatic N) is 4. The zero-order chi connectivity index (χ0) is 15.6. The van der Waals surface area contributed by atoms with Crippen molar-refractivity contribution in [3.63, 3.8) is 0 Å². The van der Waals surface area contributed by atoms with Crippen molar-refractivity contribution < 1.29 is 9.32 Å². The molecule has 118 valence electrons. The first kappa shape index (κ1) is 14.7. The van der Waals surface area contributed by atoms with E-state index in [1.54, 1.807) is 17.8 Å². The fraction of sp³-hybridized carbons (Fsp3) is 0.600. The number of hydrogen-bond donors (Lipinski definition) is 1. The second-order valence-electron chi connectivity index (χ2n) is 6.00. The smallest absolute Gasteiger partial charge is 0.223 e. The molecular formula is C15H21N5O2. The van der Waals surface area contributed by atoms with Crippen LogP contribution in [0, 0.1) is 6.92 Å². The normalized spacial score (nSPS) is 16.8. The van der Waals surface area contributed by atoms with Crippen LogP contribution >= 0.6 is 0 Å². The van der Waals surface area contributed by atoms with E-state index in [0.717, 1.165) is 31.2 Å². The number of carbonyl (C=O) groups is 1. The van der Waals surface area contributed by atoms with Crippen LogP contribution in [0.1, 0.15) is 49.4 Å². The summed E-state index contributed by atoms with van der Waals surface area (Å²) in [4.78, 5) is 16.7. The highest BCUT2D eigenvalue weighted by Gasteiger charge is 2.41. The molecule has 0 unspecified atom stereocenters. The Morgan fingerprint density at radius 3 is 2.82 bits per heavy atom. The highest BCUT2D eigenvalue weighted by molar-refractivity contribution is 5.77. The van der Waals surface area contributed by atoms with Gasteiger partial charge in [-0.05, 0) is 24.8 Å². The van der Waals surface area contributed by atoms with Crippen LogP contribution in [-0.4, -0.2) is 25.8 Å². The lowest BCUT2D eigenvalue weighted by atomic mass is 9.96. The van der Waals surface area contributed by atoms with Gasteiger partial charge in [0.05, 0.1) is 6.20 Å². The molecule has 0 atom stereocenters. The number of carbonyl (C=O) groups excluding carboxylic acids is 1. The molecule has 2 aromatic heterocycles. The Kier molecular flexibility index (Phi) is 3.96. The number of amides is 1. The van der Waals surface area contributed by atoms with Crippen LogP contribution in [0.25, 0.3) is 0 Å². The van der Waals surface area contributed by atoms with E-state index in [1.807, 2.05) is 13.2 Å². The third-order valence-corrected chi connectivity index (χ3v) is 4.19. The van der Waals surface area contributed by atoms with Crippen molar-refractivity contribution in [2.24, 2.45) is 7.05 Å². The van der Waals surface area contributed by atoms with Gasteiger partial charge in [-0.2, -0.15) is 10.1 Å². The lowest BCUT2D eigenvalue weighted by Gasteiger charge is -2.26. The summed E-state index contributed by atoms with van der Waals surface area (Å²) in [6.07, 6.45) is 8.70. The summed E-state index contributed by atoms with van der Waals surface area (Å²) < 4.78 is 6.84. The monoisotopic (exact) mass is 303 g/mol. The number of nitrogens with one attached hydrogen (secondary N) is 1. The standard InChI is InChI=1S/C15H21N5O2/c1-11-17-14(19-22-11)15(7-3-4-8-15)18-13(21)6-5-12-9-16-20(2)10-12/h9-10H,3-8H2,1-2H3,(H,18,21). The summed E-state index contributed by atoms with van der Waals surface area (Å²) in [5.74, 6) is 1.16. The molecule has 2 heterocycles. The first-order chi connectivity index (χ1) is 10.6. The van der Waals surface area contributed by atoms with Gasteiger partial charge in [0.15, 0.2) is 5.82 Å². The van der Waals surface area contributed by atoms with Crippen molar-refractivity contribution in [3.8, 4) is 0 Å². The first-order valence-corrected chi connectivity index (χ1v) is 7.67. The Morgan fingerprint density at radius 1 is 1.45 bits per heavy atom. The van der Waals surface area contributed by atoms with Gasteiger partial charge in [-0.15, -0.1) is 0 Å². The summed E-state index contributed by atoms with van der Waals surface area (Å²) in [6.45, 7) is 1.77. The third kappa shape index (κ3) is 3.03. The maximum atomic E-state index is 12.3. The number of aromatic nitrogens is 4. The molecule has 1 aliphatic carbocycles. The van der Waals surface area contributed by atoms with Gasteiger partial charge >= 0.3 is 0 Å². The molecule has 2 aromatic rings. The maximum Gasteiger partial charge on any atom is 0.223 e. The van der Waals surface area contributed by atoms with E-state index >= 15 is 0 Å². The van der Waals surface area contributed by atoms with Crippen LogP contribution in [0.3, 0.4) is 0 Å². The van der Waals surface area contributed by atoms with Crippen LogP contribution < -0.4 is 5.32 Å². The Balaban J connectivity index is 1.65. The van der Waals surface area contributed by atoms with E-state index in [9.17, 15) is 4.79 Å². The Bertz CT molecular complexity index is 654. The van der Waals surface area contributed by atoms with Gasteiger partial charge in [0.25, 0.3) is 0 Å². The molecule has 0 saturated heterocycles. The average Bonchev–Trinajstić information content (AvgIpc) is 3.19. The average molecular weight is 303 g/mol. The quantitative estimate of drug-likeness (QED) is 0.907. The molecule has 7 nitrogen and oxygen atoms in total. The van der Waals surface area contributed by atoms with Crippen molar-refractivity contribution >= 4 is 5.91 Å². The molecular weight excluding hydrogens is 282 g/mol. The topological polar surface area (TPSA) is 85.8 Å². The van der Waals surface area contributed by atoms with Gasteiger partial charge in [0.2, 0.25) is 11.8 Å². The number of rotatable bonds is 5. The molecule has 1 N–H and O–H groups in total. The van der Waals surface area contributed by atoms with Gasteiger partial charge < -0.3 is 9.84 Å². The lowest BCUT2D eigenvalue weighted by molar-refractivity contribution is -0.123. The van der Waals surface area contributed by atoms with Gasteiger partial charge in [-0.3, -0.25) is 9.48 Å². The molecule has 0 bridgehead atoms. The Morgan fingerprint density at radius 2 is 2.23 bits per heavy atom. The molecule has 1 amide bonds. The van der Waals surface area contributed by atoms with Crippen molar-refractivity contribution in [1.82, 2.24) is 25.2 Å². The fourth-order valence-corrected chi connectivity index (χ4v) is 3.06. The fourth-order valence-electron chi connectivity index (χ4n) is 3.06. The van der Waals surface area contributed by atoms with Crippen molar-refractivity contribution in [2.75, 3.05) is 0 Å². The molecule has 7 heteroatoms. The minimum Gasteiger partial charge on any atom is -0.343 e. The number of aryl methyl sites for hydroxylation is 3. The SMILES string of the molecule is Cc1nc(C2(NC(=O)CCc3cnn(C)c3)CCCC2)no1. The van der Waals surface area contributed by atoms with Crippen LogP contribution in [0.4, 0.5) is 0 Å². The highest BCUT2D eigenvalue weighted by Crippen LogP contribution is 2.37. The summed E-state index contributed by atoms with van der Waals surface area (Å²) in [5, 5.41) is 11.3. The Hall–Kier alpha value is -2.18. The first-order valence-electron chi connectivity index (χ1n) is 7.67. The molecule has 1 fully saturated rings. The maximum absolute atomic E-state index is 12.3. The van der Waals surface area contributed by atoms with Crippen LogP contribution in [-0.2, 0) is 23.8 Å². The molecule has 1 saturated carbocycles. The van der Waals surface area contributed by atoms with E-state index in [1.165, 1.54) is 0 Å². The van der Waals surface area contributed by atoms with Gasteiger partial charge in [0, 0.05) is 26.6 Å². The van der Waals surface area contributed by atoms with Crippen LogP contribution in [0.15, 0.2) is 16.9 Å². The molecule has 0 aliphatic heterocycles. The minimum atomic E-state index is -0.455. The molecule has 22 heavy (non-hydrogen) atoms. The molecule has 0 radical (unpaired) electrons. The van der Waals surface area contributed by atoms with Crippen LogP contribution in [0.2, 0.25) is 0 Å². The molecule has 3 rings (SSSR count). The molecule has 0 aromatic carbocycles. The summed E-state index contributed by atoms with van der Waals surface area (Å²) >= 11 is 0. The van der Waals surface area contributed by atoms with Crippen LogP contribution in [0.5, 0.6) is 0 Å². The zero-order valence-electron chi connectivity index (χ0n) is 13.0. The highest BCUT2D eigenvalue weighted by atomic mass is 16.5. The van der Waals surface area contributed by atoms with Crippen molar-refractivity contribution in [2.45, 2.75) is 51.0 Å². The van der Waals surface area contributed by atoms with E-state index in [4.69, 9.17) is 4.52 Å². The van der Waals surface area contributed by atoms with E-state index < -0.39 is 5.54 Å². The summed E-state index contributed by atoms with van der Waals surface area (Å²) in [7, 11) is 1.87. The summed E-state index contributed by atoms with van der Waals surface area (Å²) in [6, 6.07) is 0. The second-order valence-corrected chi connectivity index (χ2v) is 6.00. The number of hydrogen-bond acceptors (Lipinski definition) is 5. The predicted molar refractivity (Wildman–Crippen MR) is 78.9 cm³/mol. The Labute approximate surface area is 129 Å². The largest absolute Gasteiger partial charge is 0.343 e. The molecule has 1 aliphatic rings. The third-order valence-electron chi connectivity index (χ3n) is 4.19. The van der Waals surface area contributed by atoms with E-state index in [2.05, 4.69) is 20.6 Å². The van der Waals surface area contributed by atoms with E-state index in [-0.39, 0.29) is 5.91 Å². The summed E-state index contributed by atoms with van der Waals surface area (Å²) in [5.41, 5.74) is 0.609. The van der Waals surface area contributed by atoms with Gasteiger partial charge in [0.1, 0.15) is 5.54 Å². The minimum absolute atomic E-state index is 0.0215. The van der Waals surface area contributed by atoms with Gasteiger partial charge in [-0.1, -0.05) is 18.0 Å². The zero-order valence-corrected chi connectivity index (χ0v) is 13.0. The van der Waals surface area contributed by atoms with Crippen molar-refractivity contribution in [1.29, 1.82) is 0 Å². The predicted octanol–water partition coefficient (Wildman–Crippen LogP) is 1.63. The molecule has 0 spiro atoms. The van der Waals surface area contributed by atoms with Gasteiger partial charge in [-0.25, -0.2) is 0 Å². The van der Waals surface area contributed by atoms with E-state index in [0.29, 0.717) is 24.6 Å². The lowest BCUT2D eigenvalue weighted by Crippen LogP contribution is -2.44. The van der Waals surface area contributed by atoms with Crippen molar-refractivity contribution in [3.05, 3.63) is 29.7 Å². The second kappa shape index (κ2) is 5.90.